The first-order valence-corrected chi connectivity index (χ1v) is 6.81. The zero-order chi connectivity index (χ0) is 13.3. The predicted octanol–water partition coefficient (Wildman–Crippen LogP) is 3.53. The molecule has 0 amide bonds. The molecular weight excluding hydrogens is 290 g/mol. The Kier molecular flexibility index (Phi) is 3.88. The molecule has 1 aromatic carbocycles. The van der Waals surface area contributed by atoms with E-state index in [2.05, 4.69) is 62.8 Å². The fourth-order valence-corrected chi connectivity index (χ4v) is 2.34. The quantitative estimate of drug-likeness (QED) is 0.940. The van der Waals surface area contributed by atoms with E-state index in [0.29, 0.717) is 6.04 Å². The molecule has 0 aliphatic carbocycles. The van der Waals surface area contributed by atoms with Crippen molar-refractivity contribution in [2.45, 2.75) is 26.8 Å². The van der Waals surface area contributed by atoms with Crippen molar-refractivity contribution in [1.82, 2.24) is 14.9 Å². The molecule has 1 aromatic heterocycles. The van der Waals surface area contributed by atoms with Crippen molar-refractivity contribution in [3.63, 3.8) is 0 Å². The van der Waals surface area contributed by atoms with E-state index in [0.717, 1.165) is 10.2 Å². The van der Waals surface area contributed by atoms with Crippen molar-refractivity contribution < 1.29 is 0 Å². The van der Waals surface area contributed by atoms with Crippen molar-refractivity contribution in [3.05, 3.63) is 46.0 Å². The topological polar surface area (TPSA) is 29.9 Å². The van der Waals surface area contributed by atoms with Gasteiger partial charge in [0.1, 0.15) is 0 Å². The first-order valence-electron chi connectivity index (χ1n) is 6.02. The minimum Gasteiger partial charge on any atom is -0.313 e. The van der Waals surface area contributed by atoms with Crippen molar-refractivity contribution in [3.8, 4) is 5.69 Å². The van der Waals surface area contributed by atoms with Crippen LogP contribution < -0.4 is 5.32 Å². The molecule has 4 heteroatoms. The molecule has 2 rings (SSSR count). The maximum atomic E-state index is 4.38. The van der Waals surface area contributed by atoms with Crippen LogP contribution in [0, 0.1) is 13.8 Å². The van der Waals surface area contributed by atoms with Gasteiger partial charge in [0.2, 0.25) is 0 Å². The van der Waals surface area contributed by atoms with Crippen molar-refractivity contribution >= 4 is 15.9 Å². The number of rotatable bonds is 3. The molecule has 1 atom stereocenters. The number of nitrogens with zero attached hydrogens (tertiary/aromatic N) is 2. The van der Waals surface area contributed by atoms with Crippen LogP contribution in [0.3, 0.4) is 0 Å². The second-order valence-electron chi connectivity index (χ2n) is 4.50. The summed E-state index contributed by atoms with van der Waals surface area (Å²) in [6, 6.07) is 6.66. The minimum atomic E-state index is 0.301. The van der Waals surface area contributed by atoms with Gasteiger partial charge in [0.15, 0.2) is 0 Å². The summed E-state index contributed by atoms with van der Waals surface area (Å²) in [4.78, 5) is 4.38. The molecule has 2 aromatic rings. The lowest BCUT2D eigenvalue weighted by Gasteiger charge is -2.18. The van der Waals surface area contributed by atoms with Gasteiger partial charge in [0.05, 0.1) is 17.7 Å². The monoisotopic (exact) mass is 307 g/mol. The molecule has 3 nitrogen and oxygen atoms in total. The molecule has 0 spiro atoms. The standard InChI is InChI=1S/C14H18BrN3/c1-9-11(3)18(8-17-9)14-7-12(15)5-6-13(14)10(2)16-4/h5-8,10,16H,1-4H3. The highest BCUT2D eigenvalue weighted by molar-refractivity contribution is 9.10. The highest BCUT2D eigenvalue weighted by Crippen LogP contribution is 2.26. The smallest absolute Gasteiger partial charge is 0.0997 e. The molecule has 0 fully saturated rings. The van der Waals surface area contributed by atoms with Gasteiger partial charge in [-0.05, 0) is 45.5 Å². The van der Waals surface area contributed by atoms with Gasteiger partial charge in [0.25, 0.3) is 0 Å². The molecule has 1 N–H and O–H groups in total. The Labute approximate surface area is 116 Å². The lowest BCUT2D eigenvalue weighted by atomic mass is 10.1. The second-order valence-corrected chi connectivity index (χ2v) is 5.41. The van der Waals surface area contributed by atoms with Gasteiger partial charge >= 0.3 is 0 Å². The number of benzene rings is 1. The average molecular weight is 308 g/mol. The van der Waals surface area contributed by atoms with E-state index in [1.165, 1.54) is 16.9 Å². The van der Waals surface area contributed by atoms with Gasteiger partial charge in [-0.15, -0.1) is 0 Å². The Hall–Kier alpha value is -1.13. The fourth-order valence-electron chi connectivity index (χ4n) is 1.99. The third kappa shape index (κ3) is 2.35. The van der Waals surface area contributed by atoms with E-state index in [1.807, 2.05) is 20.3 Å². The van der Waals surface area contributed by atoms with E-state index in [1.54, 1.807) is 0 Å². The SMILES string of the molecule is CNC(C)c1ccc(Br)cc1-n1cnc(C)c1C. The molecule has 18 heavy (non-hydrogen) atoms. The summed E-state index contributed by atoms with van der Waals surface area (Å²) in [5, 5.41) is 3.29. The normalized spacial score (nSPS) is 12.7. The number of imidazole rings is 1. The number of hydrogen-bond acceptors (Lipinski definition) is 2. The fraction of sp³-hybridized carbons (Fsp3) is 0.357. The Bertz CT molecular complexity index is 560. The number of aromatic nitrogens is 2. The van der Waals surface area contributed by atoms with Crippen LogP contribution in [-0.4, -0.2) is 16.6 Å². The third-order valence-corrected chi connectivity index (χ3v) is 3.90. The second kappa shape index (κ2) is 5.24. The van der Waals surface area contributed by atoms with Gasteiger partial charge in [-0.2, -0.15) is 0 Å². The van der Waals surface area contributed by atoms with E-state index < -0.39 is 0 Å². The lowest BCUT2D eigenvalue weighted by Crippen LogP contribution is -2.15. The molecule has 0 saturated heterocycles. The van der Waals surface area contributed by atoms with Crippen LogP contribution in [0.25, 0.3) is 5.69 Å². The molecule has 0 aliphatic rings. The minimum absolute atomic E-state index is 0.301. The number of aryl methyl sites for hydroxylation is 1. The molecular formula is C14H18BrN3. The summed E-state index contributed by atoms with van der Waals surface area (Å²) in [5.74, 6) is 0. The first-order chi connectivity index (χ1) is 8.54. The molecule has 1 heterocycles. The van der Waals surface area contributed by atoms with Gasteiger partial charge in [-0.1, -0.05) is 22.0 Å². The first kappa shape index (κ1) is 13.3. The van der Waals surface area contributed by atoms with Crippen LogP contribution in [0.4, 0.5) is 0 Å². The molecule has 96 valence electrons. The van der Waals surface area contributed by atoms with E-state index in [4.69, 9.17) is 0 Å². The van der Waals surface area contributed by atoms with Crippen molar-refractivity contribution in [2.75, 3.05) is 7.05 Å². The molecule has 1 unspecified atom stereocenters. The average Bonchev–Trinajstić information content (AvgIpc) is 2.69. The molecule has 0 radical (unpaired) electrons. The summed E-state index contributed by atoms with van der Waals surface area (Å²) in [7, 11) is 1.97. The lowest BCUT2D eigenvalue weighted by molar-refractivity contribution is 0.647. The summed E-state index contributed by atoms with van der Waals surface area (Å²) in [6.45, 7) is 6.29. The summed E-state index contributed by atoms with van der Waals surface area (Å²) in [5.41, 5.74) is 4.68. The van der Waals surface area contributed by atoms with E-state index >= 15 is 0 Å². The maximum absolute atomic E-state index is 4.38. The zero-order valence-electron chi connectivity index (χ0n) is 11.2. The van der Waals surface area contributed by atoms with Crippen LogP contribution >= 0.6 is 15.9 Å². The highest BCUT2D eigenvalue weighted by Gasteiger charge is 2.13. The van der Waals surface area contributed by atoms with Crippen LogP contribution in [-0.2, 0) is 0 Å². The van der Waals surface area contributed by atoms with E-state index in [-0.39, 0.29) is 0 Å². The van der Waals surface area contributed by atoms with Crippen LogP contribution in [0.2, 0.25) is 0 Å². The van der Waals surface area contributed by atoms with E-state index in [9.17, 15) is 0 Å². The number of hydrogen-bond donors (Lipinski definition) is 1. The predicted molar refractivity (Wildman–Crippen MR) is 78.2 cm³/mol. The Morgan fingerprint density at radius 2 is 2.06 bits per heavy atom. The summed E-state index contributed by atoms with van der Waals surface area (Å²) < 4.78 is 3.22. The van der Waals surface area contributed by atoms with Gasteiger partial charge < -0.3 is 9.88 Å². The molecule has 0 bridgehead atoms. The largest absolute Gasteiger partial charge is 0.313 e. The van der Waals surface area contributed by atoms with Gasteiger partial charge in [-0.25, -0.2) is 4.98 Å². The van der Waals surface area contributed by atoms with Crippen LogP contribution in [0.15, 0.2) is 29.0 Å². The van der Waals surface area contributed by atoms with Crippen molar-refractivity contribution in [2.24, 2.45) is 0 Å². The molecule has 0 aliphatic heterocycles. The zero-order valence-corrected chi connectivity index (χ0v) is 12.7. The maximum Gasteiger partial charge on any atom is 0.0997 e. The highest BCUT2D eigenvalue weighted by atomic mass is 79.9. The molecule has 0 saturated carbocycles. The summed E-state index contributed by atoms with van der Waals surface area (Å²) >= 11 is 3.54. The Morgan fingerprint density at radius 3 is 2.61 bits per heavy atom. The van der Waals surface area contributed by atoms with Gasteiger partial charge in [-0.3, -0.25) is 0 Å². The number of halogens is 1. The van der Waals surface area contributed by atoms with Crippen molar-refractivity contribution in [1.29, 1.82) is 0 Å². The Balaban J connectivity index is 2.61. The summed E-state index contributed by atoms with van der Waals surface area (Å²) in [6.07, 6.45) is 1.89. The third-order valence-electron chi connectivity index (χ3n) is 3.40. The number of nitrogens with one attached hydrogen (secondary N) is 1. The van der Waals surface area contributed by atoms with Crippen LogP contribution in [0.1, 0.15) is 29.9 Å². The van der Waals surface area contributed by atoms with Gasteiger partial charge in [0, 0.05) is 16.2 Å². The Morgan fingerprint density at radius 1 is 1.33 bits per heavy atom. The van der Waals surface area contributed by atoms with Crippen LogP contribution in [0.5, 0.6) is 0 Å².